The van der Waals surface area contributed by atoms with E-state index < -0.39 is 0 Å². The smallest absolute Gasteiger partial charge is 0.185 e. The molecule has 0 saturated heterocycles. The Hall–Kier alpha value is -2.09. The number of allylic oxidation sites excluding steroid dienone is 11. The quantitative estimate of drug-likeness (QED) is 0.443. The Bertz CT molecular complexity index is 404. The normalized spacial score (nSPS) is 16.1. The lowest BCUT2D eigenvalue weighted by atomic mass is 10.1. The van der Waals surface area contributed by atoms with Crippen molar-refractivity contribution >= 4 is 5.78 Å². The standard InChI is InChI=1S/C14H14O2/c15-12-8-4-3-7-11-14(16)13-9-5-1-2-6-10-13/h1-5,7-12,15H,6H2/b4-3+,11-7+,12-8-. The Morgan fingerprint density at radius 3 is 2.81 bits per heavy atom. The summed E-state index contributed by atoms with van der Waals surface area (Å²) in [5, 5.41) is 8.36. The Morgan fingerprint density at radius 1 is 1.19 bits per heavy atom. The molecule has 0 spiro atoms. The van der Waals surface area contributed by atoms with E-state index in [-0.39, 0.29) is 5.78 Å². The first-order valence-corrected chi connectivity index (χ1v) is 5.06. The van der Waals surface area contributed by atoms with Crippen molar-refractivity contribution in [2.24, 2.45) is 0 Å². The van der Waals surface area contributed by atoms with E-state index in [1.165, 1.54) is 12.2 Å². The van der Waals surface area contributed by atoms with Crippen molar-refractivity contribution in [2.75, 3.05) is 0 Å². The number of ketones is 1. The lowest BCUT2D eigenvalue weighted by Gasteiger charge is -1.93. The molecule has 0 unspecified atom stereocenters. The average molecular weight is 214 g/mol. The van der Waals surface area contributed by atoms with Crippen LogP contribution in [0.25, 0.3) is 0 Å². The summed E-state index contributed by atoms with van der Waals surface area (Å²) < 4.78 is 0. The van der Waals surface area contributed by atoms with E-state index in [9.17, 15) is 4.79 Å². The molecule has 0 atom stereocenters. The van der Waals surface area contributed by atoms with Crippen LogP contribution in [-0.2, 0) is 4.79 Å². The molecule has 0 aromatic rings. The van der Waals surface area contributed by atoms with Crippen LogP contribution in [0.2, 0.25) is 0 Å². The fraction of sp³-hybridized carbons (Fsp3) is 0.0714. The maximum Gasteiger partial charge on any atom is 0.185 e. The fourth-order valence-electron chi connectivity index (χ4n) is 1.18. The van der Waals surface area contributed by atoms with Crippen molar-refractivity contribution in [3.8, 4) is 0 Å². The first-order chi connectivity index (χ1) is 7.84. The number of carbonyl (C=O) groups is 1. The second kappa shape index (κ2) is 7.23. The second-order valence-corrected chi connectivity index (χ2v) is 3.13. The maximum atomic E-state index is 11.6. The van der Waals surface area contributed by atoms with Crippen LogP contribution in [0.5, 0.6) is 0 Å². The monoisotopic (exact) mass is 214 g/mol. The molecule has 0 aliphatic heterocycles. The van der Waals surface area contributed by atoms with Crippen molar-refractivity contribution in [1.29, 1.82) is 0 Å². The van der Waals surface area contributed by atoms with Gasteiger partial charge in [0, 0.05) is 5.57 Å². The van der Waals surface area contributed by atoms with Crippen LogP contribution in [0, 0.1) is 0 Å². The van der Waals surface area contributed by atoms with Crippen molar-refractivity contribution in [1.82, 2.24) is 0 Å². The highest BCUT2D eigenvalue weighted by Gasteiger charge is 2.01. The van der Waals surface area contributed by atoms with Gasteiger partial charge in [-0.3, -0.25) is 4.79 Å². The van der Waals surface area contributed by atoms with Crippen molar-refractivity contribution in [3.63, 3.8) is 0 Å². The van der Waals surface area contributed by atoms with E-state index in [0.717, 1.165) is 12.7 Å². The van der Waals surface area contributed by atoms with Crippen LogP contribution < -0.4 is 0 Å². The van der Waals surface area contributed by atoms with Crippen LogP contribution in [0.15, 0.2) is 72.6 Å². The van der Waals surface area contributed by atoms with E-state index in [4.69, 9.17) is 5.11 Å². The summed E-state index contributed by atoms with van der Waals surface area (Å²) in [5.41, 5.74) is 0.701. The Balaban J connectivity index is 2.55. The van der Waals surface area contributed by atoms with Gasteiger partial charge < -0.3 is 5.11 Å². The number of hydrogen-bond acceptors (Lipinski definition) is 2. The molecule has 0 aromatic carbocycles. The molecule has 0 saturated carbocycles. The highest BCUT2D eigenvalue weighted by atomic mass is 16.2. The summed E-state index contributed by atoms with van der Waals surface area (Å²) in [6.07, 6.45) is 19.1. The molecule has 1 aliphatic carbocycles. The van der Waals surface area contributed by atoms with Crippen LogP contribution >= 0.6 is 0 Å². The summed E-state index contributed by atoms with van der Waals surface area (Å²) in [4.78, 5) is 11.6. The van der Waals surface area contributed by atoms with E-state index in [1.54, 1.807) is 24.3 Å². The fourth-order valence-corrected chi connectivity index (χ4v) is 1.18. The van der Waals surface area contributed by atoms with Gasteiger partial charge in [0.2, 0.25) is 0 Å². The molecule has 0 heterocycles. The van der Waals surface area contributed by atoms with E-state index >= 15 is 0 Å². The third-order valence-electron chi connectivity index (χ3n) is 1.95. The van der Waals surface area contributed by atoms with Gasteiger partial charge in [-0.2, -0.15) is 0 Å². The van der Waals surface area contributed by atoms with Gasteiger partial charge in [-0.15, -0.1) is 0 Å². The van der Waals surface area contributed by atoms with Crippen LogP contribution in [-0.4, -0.2) is 10.9 Å². The van der Waals surface area contributed by atoms with Crippen LogP contribution in [0.3, 0.4) is 0 Å². The molecule has 2 heteroatoms. The lowest BCUT2D eigenvalue weighted by molar-refractivity contribution is -0.111. The Labute approximate surface area is 95.3 Å². The molecule has 82 valence electrons. The molecular weight excluding hydrogens is 200 g/mol. The molecule has 0 fully saturated rings. The van der Waals surface area contributed by atoms with Gasteiger partial charge in [0.05, 0.1) is 6.26 Å². The van der Waals surface area contributed by atoms with Gasteiger partial charge in [0.25, 0.3) is 0 Å². The third kappa shape index (κ3) is 4.42. The van der Waals surface area contributed by atoms with E-state index in [1.807, 2.05) is 24.3 Å². The topological polar surface area (TPSA) is 37.3 Å². The minimum atomic E-state index is -0.0161. The average Bonchev–Trinajstić information content (AvgIpc) is 2.57. The molecule has 0 radical (unpaired) electrons. The zero-order chi connectivity index (χ0) is 11.6. The first-order valence-electron chi connectivity index (χ1n) is 5.06. The largest absolute Gasteiger partial charge is 0.516 e. The summed E-state index contributed by atoms with van der Waals surface area (Å²) in [6, 6.07) is 0. The minimum absolute atomic E-state index is 0.0161. The SMILES string of the molecule is O=C(/C=C/C=C/C=C\O)C1=CCC=CC=C1. The summed E-state index contributed by atoms with van der Waals surface area (Å²) in [5.74, 6) is -0.0161. The van der Waals surface area contributed by atoms with E-state index in [0.29, 0.717) is 5.57 Å². The summed E-state index contributed by atoms with van der Waals surface area (Å²) >= 11 is 0. The van der Waals surface area contributed by atoms with Gasteiger partial charge in [-0.1, -0.05) is 48.6 Å². The predicted octanol–water partition coefficient (Wildman–Crippen LogP) is 3.18. The highest BCUT2D eigenvalue weighted by Crippen LogP contribution is 2.06. The molecule has 1 aliphatic rings. The van der Waals surface area contributed by atoms with Gasteiger partial charge in [0.1, 0.15) is 0 Å². The van der Waals surface area contributed by atoms with Gasteiger partial charge >= 0.3 is 0 Å². The van der Waals surface area contributed by atoms with Gasteiger partial charge in [-0.05, 0) is 18.6 Å². The lowest BCUT2D eigenvalue weighted by Crippen LogP contribution is -1.94. The molecule has 2 nitrogen and oxygen atoms in total. The van der Waals surface area contributed by atoms with Crippen LogP contribution in [0.4, 0.5) is 0 Å². The molecule has 1 N–H and O–H groups in total. The Kier molecular flexibility index (Phi) is 5.42. The molecule has 1 rings (SSSR count). The number of aliphatic hydroxyl groups excluding tert-OH is 1. The van der Waals surface area contributed by atoms with E-state index in [2.05, 4.69) is 0 Å². The number of carbonyl (C=O) groups excluding carboxylic acids is 1. The maximum absolute atomic E-state index is 11.6. The van der Waals surface area contributed by atoms with Crippen molar-refractivity contribution in [2.45, 2.75) is 6.42 Å². The number of rotatable bonds is 4. The number of aliphatic hydroxyl groups is 1. The summed E-state index contributed by atoms with van der Waals surface area (Å²) in [7, 11) is 0. The third-order valence-corrected chi connectivity index (χ3v) is 1.95. The molecule has 0 aromatic heterocycles. The molecule has 0 bridgehead atoms. The molecule has 0 amide bonds. The van der Waals surface area contributed by atoms with Crippen molar-refractivity contribution in [3.05, 3.63) is 72.6 Å². The van der Waals surface area contributed by atoms with Crippen molar-refractivity contribution < 1.29 is 9.90 Å². The molecule has 16 heavy (non-hydrogen) atoms. The highest BCUT2D eigenvalue weighted by molar-refractivity contribution is 6.06. The van der Waals surface area contributed by atoms with Gasteiger partial charge in [-0.25, -0.2) is 0 Å². The minimum Gasteiger partial charge on any atom is -0.516 e. The second-order valence-electron chi connectivity index (χ2n) is 3.13. The van der Waals surface area contributed by atoms with Gasteiger partial charge in [0.15, 0.2) is 5.78 Å². The first kappa shape index (κ1) is 12.0. The Morgan fingerprint density at radius 2 is 2.00 bits per heavy atom. The zero-order valence-corrected chi connectivity index (χ0v) is 8.91. The number of hydrogen-bond donors (Lipinski definition) is 1. The molecular formula is C14H14O2. The van der Waals surface area contributed by atoms with Crippen LogP contribution in [0.1, 0.15) is 6.42 Å². The zero-order valence-electron chi connectivity index (χ0n) is 8.91. The predicted molar refractivity (Wildman–Crippen MR) is 66.0 cm³/mol. The summed E-state index contributed by atoms with van der Waals surface area (Å²) in [6.45, 7) is 0.